The first kappa shape index (κ1) is 14.5. The highest BCUT2D eigenvalue weighted by atomic mass is 32.2. The van der Waals surface area contributed by atoms with Crippen molar-refractivity contribution in [1.82, 2.24) is 4.72 Å². The Hall–Kier alpha value is -0.870. The lowest BCUT2D eigenvalue weighted by molar-refractivity contribution is 0.310. The molecule has 0 aliphatic heterocycles. The van der Waals surface area contributed by atoms with Gasteiger partial charge in [0.25, 0.3) is 0 Å². The van der Waals surface area contributed by atoms with E-state index < -0.39 is 10.0 Å². The molecule has 1 aliphatic carbocycles. The second kappa shape index (κ2) is 5.63. The van der Waals surface area contributed by atoms with Crippen LogP contribution in [0.1, 0.15) is 43.7 Å². The summed E-state index contributed by atoms with van der Waals surface area (Å²) in [5.41, 5.74) is 1.90. The van der Waals surface area contributed by atoms with E-state index in [2.05, 4.69) is 11.6 Å². The lowest BCUT2D eigenvalue weighted by Gasteiger charge is -2.29. The molecule has 2 unspecified atom stereocenters. The van der Waals surface area contributed by atoms with Gasteiger partial charge in [-0.3, -0.25) is 0 Å². The fourth-order valence-electron chi connectivity index (χ4n) is 2.85. The van der Waals surface area contributed by atoms with Crippen LogP contribution in [0.5, 0.6) is 0 Å². The maximum Gasteiger partial charge on any atom is 0.241 e. The minimum absolute atomic E-state index is 0.0828. The topological polar surface area (TPSA) is 46.2 Å². The molecule has 2 atom stereocenters. The minimum Gasteiger partial charge on any atom is -0.208 e. The molecule has 0 spiro atoms. The lowest BCUT2D eigenvalue weighted by Crippen LogP contribution is -2.41. The van der Waals surface area contributed by atoms with Crippen LogP contribution in [0, 0.1) is 19.8 Å². The van der Waals surface area contributed by atoms with E-state index in [0.29, 0.717) is 10.8 Å². The predicted molar refractivity (Wildman–Crippen MR) is 77.7 cm³/mol. The fraction of sp³-hybridized carbons (Fsp3) is 0.600. The van der Waals surface area contributed by atoms with Crippen LogP contribution >= 0.6 is 0 Å². The van der Waals surface area contributed by atoms with Gasteiger partial charge in [0.2, 0.25) is 10.0 Å². The highest BCUT2D eigenvalue weighted by Crippen LogP contribution is 2.26. The van der Waals surface area contributed by atoms with Gasteiger partial charge in [0.15, 0.2) is 0 Å². The van der Waals surface area contributed by atoms with E-state index in [9.17, 15) is 8.42 Å². The molecule has 106 valence electrons. The van der Waals surface area contributed by atoms with Crippen LogP contribution in [-0.2, 0) is 10.0 Å². The van der Waals surface area contributed by atoms with E-state index in [0.717, 1.165) is 30.4 Å². The summed E-state index contributed by atoms with van der Waals surface area (Å²) < 4.78 is 27.8. The second-order valence-electron chi connectivity index (χ2n) is 5.76. The molecule has 4 heteroatoms. The summed E-state index contributed by atoms with van der Waals surface area (Å²) in [5, 5.41) is 0. The monoisotopic (exact) mass is 281 g/mol. The summed E-state index contributed by atoms with van der Waals surface area (Å²) in [5.74, 6) is 0.425. The quantitative estimate of drug-likeness (QED) is 0.925. The average Bonchev–Trinajstić information content (AvgIpc) is 2.31. The number of aryl methyl sites for hydroxylation is 2. The van der Waals surface area contributed by atoms with Gasteiger partial charge >= 0.3 is 0 Å². The van der Waals surface area contributed by atoms with Crippen LogP contribution in [0.25, 0.3) is 0 Å². The molecule has 0 radical (unpaired) electrons. The zero-order chi connectivity index (χ0) is 14.0. The van der Waals surface area contributed by atoms with Crippen molar-refractivity contribution in [2.24, 2.45) is 5.92 Å². The van der Waals surface area contributed by atoms with Gasteiger partial charge in [-0.15, -0.1) is 0 Å². The molecule has 1 aromatic rings. The normalized spacial score (nSPS) is 24.4. The molecule has 0 saturated heterocycles. The average molecular weight is 281 g/mol. The number of hydrogen-bond donors (Lipinski definition) is 1. The van der Waals surface area contributed by atoms with Crippen molar-refractivity contribution in [2.75, 3.05) is 0 Å². The summed E-state index contributed by atoms with van der Waals surface area (Å²) >= 11 is 0. The third-order valence-corrected chi connectivity index (χ3v) is 5.69. The van der Waals surface area contributed by atoms with Gasteiger partial charge < -0.3 is 0 Å². The summed E-state index contributed by atoms with van der Waals surface area (Å²) in [4.78, 5) is 0.413. The number of sulfonamides is 1. The summed E-state index contributed by atoms with van der Waals surface area (Å²) in [6.07, 6.45) is 4.39. The first-order chi connectivity index (χ1) is 8.90. The number of benzene rings is 1. The highest BCUT2D eigenvalue weighted by molar-refractivity contribution is 7.89. The first-order valence-corrected chi connectivity index (χ1v) is 8.48. The van der Waals surface area contributed by atoms with E-state index >= 15 is 0 Å². The van der Waals surface area contributed by atoms with Crippen molar-refractivity contribution in [3.8, 4) is 0 Å². The molecule has 0 amide bonds. The Kier molecular flexibility index (Phi) is 4.31. The fourth-order valence-corrected chi connectivity index (χ4v) is 4.46. The molecule has 1 aliphatic rings. The third kappa shape index (κ3) is 3.37. The predicted octanol–water partition coefficient (Wildman–Crippen LogP) is 3.16. The SMILES string of the molecule is Cc1ccc(S(=O)(=O)NC2CCCCC2C)c(C)c1. The van der Waals surface area contributed by atoms with Gasteiger partial charge in [-0.1, -0.05) is 37.5 Å². The van der Waals surface area contributed by atoms with Crippen molar-refractivity contribution in [2.45, 2.75) is 57.4 Å². The minimum atomic E-state index is -3.39. The van der Waals surface area contributed by atoms with Gasteiger partial charge in [0.05, 0.1) is 4.90 Å². The number of rotatable bonds is 3. The molecule has 1 N–H and O–H groups in total. The zero-order valence-corrected chi connectivity index (χ0v) is 12.8. The molecular weight excluding hydrogens is 258 g/mol. The van der Waals surface area contributed by atoms with Gasteiger partial charge in [-0.2, -0.15) is 0 Å². The van der Waals surface area contributed by atoms with E-state index in [4.69, 9.17) is 0 Å². The van der Waals surface area contributed by atoms with Crippen molar-refractivity contribution in [1.29, 1.82) is 0 Å². The van der Waals surface area contributed by atoms with Crippen LogP contribution in [0.4, 0.5) is 0 Å². The Morgan fingerprint density at radius 3 is 2.47 bits per heavy atom. The smallest absolute Gasteiger partial charge is 0.208 e. The van der Waals surface area contributed by atoms with Crippen molar-refractivity contribution in [3.05, 3.63) is 29.3 Å². The third-order valence-electron chi connectivity index (χ3n) is 4.04. The largest absolute Gasteiger partial charge is 0.241 e. The highest BCUT2D eigenvalue weighted by Gasteiger charge is 2.27. The summed E-state index contributed by atoms with van der Waals surface area (Å²) in [6, 6.07) is 5.56. The number of hydrogen-bond acceptors (Lipinski definition) is 2. The molecule has 0 bridgehead atoms. The van der Waals surface area contributed by atoms with Gasteiger partial charge in [0.1, 0.15) is 0 Å². The van der Waals surface area contributed by atoms with E-state index in [1.807, 2.05) is 26.0 Å². The van der Waals surface area contributed by atoms with Crippen molar-refractivity contribution >= 4 is 10.0 Å². The molecule has 19 heavy (non-hydrogen) atoms. The standard InChI is InChI=1S/C15H23NO2S/c1-11-8-9-15(13(3)10-11)19(17,18)16-14-7-5-4-6-12(14)2/h8-10,12,14,16H,4-7H2,1-3H3. The molecule has 2 rings (SSSR count). The van der Waals surface area contributed by atoms with Gasteiger partial charge in [0, 0.05) is 6.04 Å². The zero-order valence-electron chi connectivity index (χ0n) is 11.9. The maximum absolute atomic E-state index is 12.5. The van der Waals surface area contributed by atoms with Crippen LogP contribution in [0.2, 0.25) is 0 Å². The molecule has 1 saturated carbocycles. The summed E-state index contributed by atoms with van der Waals surface area (Å²) in [7, 11) is -3.39. The van der Waals surface area contributed by atoms with Crippen molar-refractivity contribution < 1.29 is 8.42 Å². The summed E-state index contributed by atoms with van der Waals surface area (Å²) in [6.45, 7) is 5.96. The molecular formula is C15H23NO2S. The Morgan fingerprint density at radius 1 is 1.16 bits per heavy atom. The van der Waals surface area contributed by atoms with Crippen LogP contribution in [-0.4, -0.2) is 14.5 Å². The van der Waals surface area contributed by atoms with Gasteiger partial charge in [-0.25, -0.2) is 13.1 Å². The Labute approximate surface area is 116 Å². The molecule has 1 fully saturated rings. The number of nitrogens with one attached hydrogen (secondary N) is 1. The molecule has 0 heterocycles. The Bertz CT molecular complexity index is 551. The Balaban J connectivity index is 2.22. The molecule has 1 aromatic carbocycles. The van der Waals surface area contributed by atoms with E-state index in [-0.39, 0.29) is 6.04 Å². The maximum atomic E-state index is 12.5. The van der Waals surface area contributed by atoms with E-state index in [1.165, 1.54) is 6.42 Å². The lowest BCUT2D eigenvalue weighted by atomic mass is 9.87. The second-order valence-corrected chi connectivity index (χ2v) is 7.44. The van der Waals surface area contributed by atoms with E-state index in [1.54, 1.807) is 6.07 Å². The van der Waals surface area contributed by atoms with Gasteiger partial charge in [-0.05, 0) is 44.2 Å². The Morgan fingerprint density at radius 2 is 1.84 bits per heavy atom. The van der Waals surface area contributed by atoms with Crippen LogP contribution in [0.15, 0.2) is 23.1 Å². The van der Waals surface area contributed by atoms with Crippen molar-refractivity contribution in [3.63, 3.8) is 0 Å². The molecule has 3 nitrogen and oxygen atoms in total. The van der Waals surface area contributed by atoms with Crippen LogP contribution in [0.3, 0.4) is 0 Å². The van der Waals surface area contributed by atoms with Crippen LogP contribution < -0.4 is 4.72 Å². The first-order valence-electron chi connectivity index (χ1n) is 7.00. The molecule has 0 aromatic heterocycles.